The molecular weight excluding hydrogens is 284 g/mol. The Morgan fingerprint density at radius 1 is 1.00 bits per heavy atom. The third-order valence-corrected chi connectivity index (χ3v) is 8.70. The van der Waals surface area contributed by atoms with Crippen LogP contribution in [-0.4, -0.2) is 41.3 Å². The van der Waals surface area contributed by atoms with Crippen molar-refractivity contribution in [2.24, 2.45) is 23.7 Å². The van der Waals surface area contributed by atoms with E-state index < -0.39 is 8.80 Å². The molecule has 2 fully saturated rings. The Balaban J connectivity index is 2.01. The molecule has 0 spiro atoms. The summed E-state index contributed by atoms with van der Waals surface area (Å²) in [5, 5.41) is 10.5. The molecular formula is C16H32O4Si. The van der Waals surface area contributed by atoms with Crippen LogP contribution in [0.25, 0.3) is 0 Å². The van der Waals surface area contributed by atoms with Gasteiger partial charge < -0.3 is 18.4 Å². The fourth-order valence-corrected chi connectivity index (χ4v) is 6.50. The molecule has 5 unspecified atom stereocenters. The third kappa shape index (κ3) is 3.70. The van der Waals surface area contributed by atoms with Crippen LogP contribution in [-0.2, 0) is 13.3 Å². The molecule has 0 heterocycles. The van der Waals surface area contributed by atoms with Crippen LogP contribution in [0.3, 0.4) is 0 Å². The summed E-state index contributed by atoms with van der Waals surface area (Å²) in [7, 11) is 2.61. The highest BCUT2D eigenvalue weighted by Crippen LogP contribution is 2.48. The molecule has 0 aromatic heterocycles. The number of aliphatic hydroxyl groups is 1. The lowest BCUT2D eigenvalue weighted by atomic mass is 9.61. The van der Waals surface area contributed by atoms with E-state index >= 15 is 0 Å². The maximum Gasteiger partial charge on any atom is 0.500 e. The molecule has 5 atom stereocenters. The van der Waals surface area contributed by atoms with Crippen LogP contribution in [0.1, 0.15) is 45.4 Å². The number of fused-ring (bicyclic) bond motifs is 1. The first-order valence-electron chi connectivity index (χ1n) is 8.40. The van der Waals surface area contributed by atoms with Gasteiger partial charge in [-0.25, -0.2) is 0 Å². The van der Waals surface area contributed by atoms with Crippen molar-refractivity contribution in [1.82, 2.24) is 0 Å². The Hall–Kier alpha value is 0.0569. The van der Waals surface area contributed by atoms with E-state index in [4.69, 9.17) is 13.3 Å². The Labute approximate surface area is 130 Å². The molecule has 0 radical (unpaired) electrons. The standard InChI is InChI=1S/C16H32O4Si/c1-12-11-13(9-10-21(18-2,19-3)20-4)14-7-5-6-8-15(14)16(12)17/h12-17H,5-11H2,1-4H3. The summed E-state index contributed by atoms with van der Waals surface area (Å²) < 4.78 is 16.7. The van der Waals surface area contributed by atoms with Gasteiger partial charge >= 0.3 is 8.80 Å². The minimum atomic E-state index is -2.46. The SMILES string of the molecule is CO[Si](CCC1CC(C)C(O)C2CCCCC12)(OC)OC. The van der Waals surface area contributed by atoms with Gasteiger partial charge in [-0.1, -0.05) is 19.8 Å². The van der Waals surface area contributed by atoms with Crippen molar-refractivity contribution in [3.63, 3.8) is 0 Å². The van der Waals surface area contributed by atoms with Gasteiger partial charge in [0.1, 0.15) is 0 Å². The van der Waals surface area contributed by atoms with Gasteiger partial charge in [0, 0.05) is 27.4 Å². The molecule has 0 saturated heterocycles. The van der Waals surface area contributed by atoms with Crippen LogP contribution in [0.4, 0.5) is 0 Å². The van der Waals surface area contributed by atoms with Gasteiger partial charge in [-0.15, -0.1) is 0 Å². The van der Waals surface area contributed by atoms with Crippen molar-refractivity contribution in [2.45, 2.75) is 57.6 Å². The topological polar surface area (TPSA) is 47.9 Å². The lowest BCUT2D eigenvalue weighted by Gasteiger charge is -2.47. The summed E-state index contributed by atoms with van der Waals surface area (Å²) in [6.07, 6.45) is 7.21. The molecule has 0 amide bonds. The molecule has 2 saturated carbocycles. The lowest BCUT2D eigenvalue weighted by molar-refractivity contribution is -0.0567. The van der Waals surface area contributed by atoms with Gasteiger partial charge in [-0.2, -0.15) is 0 Å². The van der Waals surface area contributed by atoms with Gasteiger partial charge in [-0.3, -0.25) is 0 Å². The van der Waals surface area contributed by atoms with E-state index in [2.05, 4.69) is 6.92 Å². The number of hydrogen-bond acceptors (Lipinski definition) is 4. The predicted molar refractivity (Wildman–Crippen MR) is 84.9 cm³/mol. The van der Waals surface area contributed by atoms with E-state index in [-0.39, 0.29) is 6.10 Å². The van der Waals surface area contributed by atoms with E-state index in [9.17, 15) is 5.11 Å². The average Bonchev–Trinajstić information content (AvgIpc) is 2.53. The van der Waals surface area contributed by atoms with Crippen LogP contribution >= 0.6 is 0 Å². The van der Waals surface area contributed by atoms with E-state index in [1.54, 1.807) is 21.3 Å². The van der Waals surface area contributed by atoms with E-state index in [1.165, 1.54) is 25.7 Å². The fourth-order valence-electron chi connectivity index (χ4n) is 4.66. The summed E-state index contributed by atoms with van der Waals surface area (Å²) in [6, 6.07) is 0.882. The van der Waals surface area contributed by atoms with Gasteiger partial charge in [0.05, 0.1) is 6.10 Å². The Morgan fingerprint density at radius 3 is 2.14 bits per heavy atom. The van der Waals surface area contributed by atoms with Crippen LogP contribution in [0.2, 0.25) is 6.04 Å². The van der Waals surface area contributed by atoms with Crippen molar-refractivity contribution < 1.29 is 18.4 Å². The van der Waals surface area contributed by atoms with Crippen LogP contribution in [0.5, 0.6) is 0 Å². The summed E-state index contributed by atoms with van der Waals surface area (Å²) in [6.45, 7) is 2.20. The second-order valence-electron chi connectivity index (χ2n) is 6.91. The van der Waals surface area contributed by atoms with Crippen molar-refractivity contribution in [2.75, 3.05) is 21.3 Å². The zero-order chi connectivity index (χ0) is 15.5. The van der Waals surface area contributed by atoms with E-state index in [0.717, 1.165) is 18.9 Å². The van der Waals surface area contributed by atoms with Crippen molar-refractivity contribution >= 4 is 8.80 Å². The zero-order valence-corrected chi connectivity index (χ0v) is 15.0. The average molecular weight is 317 g/mol. The first-order valence-corrected chi connectivity index (χ1v) is 10.3. The molecule has 0 aliphatic heterocycles. The fraction of sp³-hybridized carbons (Fsp3) is 1.00. The zero-order valence-electron chi connectivity index (χ0n) is 14.0. The quantitative estimate of drug-likeness (QED) is 0.765. The highest BCUT2D eigenvalue weighted by molar-refractivity contribution is 6.60. The normalized spacial score (nSPS) is 37.3. The monoisotopic (exact) mass is 316 g/mol. The summed E-state index contributed by atoms with van der Waals surface area (Å²) >= 11 is 0. The molecule has 21 heavy (non-hydrogen) atoms. The first-order chi connectivity index (χ1) is 10.1. The largest absolute Gasteiger partial charge is 0.500 e. The molecule has 124 valence electrons. The molecule has 5 heteroatoms. The number of aliphatic hydroxyl groups excluding tert-OH is 1. The van der Waals surface area contributed by atoms with Crippen molar-refractivity contribution in [3.05, 3.63) is 0 Å². The summed E-state index contributed by atoms with van der Waals surface area (Å²) in [5.41, 5.74) is 0. The Bertz CT molecular complexity index is 313. The van der Waals surface area contributed by atoms with Gasteiger partial charge in [0.15, 0.2) is 0 Å². The third-order valence-electron chi connectivity index (χ3n) is 5.93. The van der Waals surface area contributed by atoms with E-state index in [0.29, 0.717) is 23.7 Å². The molecule has 0 aromatic carbocycles. The Morgan fingerprint density at radius 2 is 1.57 bits per heavy atom. The lowest BCUT2D eigenvalue weighted by Crippen LogP contribution is -2.47. The van der Waals surface area contributed by atoms with Gasteiger partial charge in [0.25, 0.3) is 0 Å². The van der Waals surface area contributed by atoms with Gasteiger partial charge in [-0.05, 0) is 49.4 Å². The maximum atomic E-state index is 10.5. The second kappa shape index (κ2) is 7.55. The van der Waals surface area contributed by atoms with E-state index in [1.807, 2.05) is 0 Å². The highest BCUT2D eigenvalue weighted by atomic mass is 28.4. The highest BCUT2D eigenvalue weighted by Gasteiger charge is 2.45. The van der Waals surface area contributed by atoms with Crippen molar-refractivity contribution in [3.8, 4) is 0 Å². The van der Waals surface area contributed by atoms with Crippen molar-refractivity contribution in [1.29, 1.82) is 0 Å². The minimum Gasteiger partial charge on any atom is -0.393 e. The van der Waals surface area contributed by atoms with Crippen LogP contribution < -0.4 is 0 Å². The minimum absolute atomic E-state index is 0.0965. The molecule has 2 aliphatic carbocycles. The Kier molecular flexibility index (Phi) is 6.26. The molecule has 1 N–H and O–H groups in total. The summed E-state index contributed by atoms with van der Waals surface area (Å²) in [4.78, 5) is 0. The summed E-state index contributed by atoms with van der Waals surface area (Å²) in [5.74, 6) is 2.29. The number of rotatable bonds is 6. The first kappa shape index (κ1) is 17.4. The molecule has 2 rings (SSSR count). The van der Waals surface area contributed by atoms with Gasteiger partial charge in [0.2, 0.25) is 0 Å². The molecule has 2 aliphatic rings. The molecule has 4 nitrogen and oxygen atoms in total. The predicted octanol–water partition coefficient (Wildman–Crippen LogP) is 3.08. The molecule has 0 bridgehead atoms. The van der Waals surface area contributed by atoms with Crippen LogP contribution in [0.15, 0.2) is 0 Å². The second-order valence-corrected chi connectivity index (χ2v) is 10.0. The number of hydrogen-bond donors (Lipinski definition) is 1. The van der Waals surface area contributed by atoms with Crippen LogP contribution in [0, 0.1) is 23.7 Å². The smallest absolute Gasteiger partial charge is 0.393 e. The molecule has 0 aromatic rings. The maximum absolute atomic E-state index is 10.5.